The van der Waals surface area contributed by atoms with Crippen LogP contribution in [0.3, 0.4) is 0 Å². The van der Waals surface area contributed by atoms with Crippen LogP contribution in [0.25, 0.3) is 0 Å². The Kier molecular flexibility index (Phi) is 62.4. The summed E-state index contributed by atoms with van der Waals surface area (Å²) in [5.41, 5.74) is 0. The fraction of sp³-hybridized carbons (Fsp3) is 0.954. The summed E-state index contributed by atoms with van der Waals surface area (Å²) in [7, 11) is 0. The number of allylic oxidation sites excluding steroid dienone is 2. The van der Waals surface area contributed by atoms with E-state index in [1.165, 1.54) is 315 Å². The molecule has 0 atom stereocenters. The van der Waals surface area contributed by atoms with Crippen molar-refractivity contribution >= 4 is 5.97 Å². The average molecular weight is 974 g/mol. The number of hydrogen-bond acceptors (Lipinski definition) is 4. The summed E-state index contributed by atoms with van der Waals surface area (Å²) in [5.74, 6) is -0.0811. The molecule has 0 aromatic heterocycles. The van der Waals surface area contributed by atoms with Gasteiger partial charge >= 0.3 is 5.97 Å². The van der Waals surface area contributed by atoms with Crippen LogP contribution in [0.5, 0.6) is 0 Å². The zero-order chi connectivity index (χ0) is 49.7. The van der Waals surface area contributed by atoms with Crippen molar-refractivity contribution in [2.45, 2.75) is 374 Å². The molecule has 0 amide bonds. The molecule has 0 heterocycles. The third-order valence-electron chi connectivity index (χ3n) is 14.8. The van der Waals surface area contributed by atoms with Crippen LogP contribution in [-0.2, 0) is 19.0 Å². The number of unbranched alkanes of at least 4 members (excludes halogenated alkanes) is 49. The molecule has 0 rings (SSSR count). The highest BCUT2D eigenvalue weighted by atomic mass is 16.6. The summed E-state index contributed by atoms with van der Waals surface area (Å²) < 4.78 is 18.2. The minimum absolute atomic E-state index is 0.0811. The largest absolute Gasteiger partial charge is 0.457 e. The predicted molar refractivity (Wildman–Crippen MR) is 307 cm³/mol. The maximum Gasteiger partial charge on any atom is 0.306 e. The van der Waals surface area contributed by atoms with E-state index in [1.54, 1.807) is 0 Å². The zero-order valence-electron chi connectivity index (χ0n) is 47.9. The van der Waals surface area contributed by atoms with Gasteiger partial charge in [0.1, 0.15) is 6.10 Å². The molecule has 0 aromatic rings. The lowest BCUT2D eigenvalue weighted by Crippen LogP contribution is -2.29. The van der Waals surface area contributed by atoms with E-state index in [2.05, 4.69) is 32.9 Å². The second-order valence-electron chi connectivity index (χ2n) is 22.0. The van der Waals surface area contributed by atoms with Crippen LogP contribution in [0.15, 0.2) is 12.2 Å². The van der Waals surface area contributed by atoms with Crippen LogP contribution in [0.1, 0.15) is 367 Å². The predicted octanol–water partition coefficient (Wildman–Crippen LogP) is 22.6. The molecule has 0 aliphatic carbocycles. The van der Waals surface area contributed by atoms with Crippen molar-refractivity contribution in [1.29, 1.82) is 0 Å². The highest BCUT2D eigenvalue weighted by molar-refractivity contribution is 5.69. The van der Waals surface area contributed by atoms with Crippen LogP contribution in [0.2, 0.25) is 0 Å². The van der Waals surface area contributed by atoms with Gasteiger partial charge in [-0.1, -0.05) is 328 Å². The third kappa shape index (κ3) is 61.3. The lowest BCUT2D eigenvalue weighted by molar-refractivity contribution is -0.156. The normalized spacial score (nSPS) is 11.8. The van der Waals surface area contributed by atoms with Crippen LogP contribution in [0, 0.1) is 0 Å². The van der Waals surface area contributed by atoms with Crippen LogP contribution in [0.4, 0.5) is 0 Å². The van der Waals surface area contributed by atoms with Crippen LogP contribution in [-0.4, -0.2) is 38.5 Å². The molecule has 0 radical (unpaired) electrons. The van der Waals surface area contributed by atoms with E-state index < -0.39 is 0 Å². The number of rotatable bonds is 62. The van der Waals surface area contributed by atoms with Gasteiger partial charge in [0.2, 0.25) is 0 Å². The van der Waals surface area contributed by atoms with Gasteiger partial charge in [-0.2, -0.15) is 0 Å². The van der Waals surface area contributed by atoms with Crippen molar-refractivity contribution in [3.8, 4) is 0 Å². The molecule has 0 fully saturated rings. The Morgan fingerprint density at radius 3 is 0.768 bits per heavy atom. The SMILES string of the molecule is CCCCCCCC/C=C\CCCCCCCC(=O)OC(COCCCCCCCCCCCCCCCCCCCCCC)COCCCCCCCCCCCCCCCCCCCCCC. The molecular formula is C65H128O4. The minimum atomic E-state index is -0.296. The lowest BCUT2D eigenvalue weighted by Gasteiger charge is -2.18. The molecule has 0 aliphatic heterocycles. The number of carbonyl (C=O) groups is 1. The van der Waals surface area contributed by atoms with Crippen LogP contribution < -0.4 is 0 Å². The summed E-state index contributed by atoms with van der Waals surface area (Å²) in [5, 5.41) is 0. The molecule has 0 aliphatic rings. The van der Waals surface area contributed by atoms with Crippen molar-refractivity contribution in [3.63, 3.8) is 0 Å². The molecule has 0 N–H and O–H groups in total. The van der Waals surface area contributed by atoms with Gasteiger partial charge in [0.05, 0.1) is 13.2 Å². The third-order valence-corrected chi connectivity index (χ3v) is 14.8. The van der Waals surface area contributed by atoms with Crippen molar-refractivity contribution in [2.24, 2.45) is 0 Å². The van der Waals surface area contributed by atoms with Gasteiger partial charge < -0.3 is 14.2 Å². The second-order valence-corrected chi connectivity index (χ2v) is 22.0. The quantitative estimate of drug-likeness (QED) is 0.0346. The Morgan fingerprint density at radius 2 is 0.507 bits per heavy atom. The molecule has 0 saturated carbocycles. The molecule has 0 bridgehead atoms. The Balaban J connectivity index is 4.08. The number of esters is 1. The summed E-state index contributed by atoms with van der Waals surface area (Å²) in [6.45, 7) is 9.30. The van der Waals surface area contributed by atoms with Crippen molar-refractivity contribution < 1.29 is 19.0 Å². The van der Waals surface area contributed by atoms with Crippen molar-refractivity contribution in [3.05, 3.63) is 12.2 Å². The molecule has 4 heteroatoms. The fourth-order valence-corrected chi connectivity index (χ4v) is 10.0. The second kappa shape index (κ2) is 63.2. The highest BCUT2D eigenvalue weighted by Gasteiger charge is 2.15. The van der Waals surface area contributed by atoms with E-state index in [-0.39, 0.29) is 12.1 Å². The zero-order valence-corrected chi connectivity index (χ0v) is 47.9. The molecule has 412 valence electrons. The van der Waals surface area contributed by atoms with Gasteiger partial charge in [-0.3, -0.25) is 4.79 Å². The Labute approximate surface area is 435 Å². The summed E-state index contributed by atoms with van der Waals surface area (Å²) in [4.78, 5) is 12.9. The summed E-state index contributed by atoms with van der Waals surface area (Å²) in [6, 6.07) is 0. The first-order valence-electron chi connectivity index (χ1n) is 32.2. The first-order chi connectivity index (χ1) is 34.2. The Hall–Kier alpha value is -0.870. The lowest BCUT2D eigenvalue weighted by atomic mass is 10.0. The smallest absolute Gasteiger partial charge is 0.306 e. The van der Waals surface area contributed by atoms with Gasteiger partial charge in [0.15, 0.2) is 0 Å². The van der Waals surface area contributed by atoms with Crippen LogP contribution >= 0.6 is 0 Å². The number of carbonyl (C=O) groups excluding carboxylic acids is 1. The van der Waals surface area contributed by atoms with Gasteiger partial charge in [-0.05, 0) is 44.9 Å². The maximum atomic E-state index is 12.9. The minimum Gasteiger partial charge on any atom is -0.457 e. The first-order valence-corrected chi connectivity index (χ1v) is 32.2. The molecule has 0 saturated heterocycles. The van der Waals surface area contributed by atoms with E-state index >= 15 is 0 Å². The fourth-order valence-electron chi connectivity index (χ4n) is 10.0. The van der Waals surface area contributed by atoms with Gasteiger partial charge in [0, 0.05) is 19.6 Å². The van der Waals surface area contributed by atoms with E-state index in [9.17, 15) is 4.79 Å². The van der Waals surface area contributed by atoms with E-state index in [1.807, 2.05) is 0 Å². The first kappa shape index (κ1) is 68.1. The standard InChI is InChI=1S/C65H128O4/c1-4-7-10-13-16-19-22-25-28-30-32-34-36-39-42-45-48-51-54-57-60-67-62-64(69-65(66)59-56-53-50-47-44-41-38-27-24-21-18-15-12-9-6-3)63-68-61-58-55-52-49-46-43-40-37-35-33-31-29-26-23-20-17-14-11-8-5-2/h27,38,64H,4-26,28-37,39-63H2,1-3H3/b38-27-. The summed E-state index contributed by atoms with van der Waals surface area (Å²) in [6.07, 6.45) is 77.2. The topological polar surface area (TPSA) is 44.8 Å². The van der Waals surface area contributed by atoms with Crippen molar-refractivity contribution in [2.75, 3.05) is 26.4 Å². The number of hydrogen-bond donors (Lipinski definition) is 0. The molecule has 0 spiro atoms. The molecular weight excluding hydrogens is 845 g/mol. The van der Waals surface area contributed by atoms with Gasteiger partial charge in [-0.15, -0.1) is 0 Å². The molecule has 4 nitrogen and oxygen atoms in total. The molecule has 69 heavy (non-hydrogen) atoms. The molecule has 0 unspecified atom stereocenters. The highest BCUT2D eigenvalue weighted by Crippen LogP contribution is 2.18. The van der Waals surface area contributed by atoms with Crippen molar-refractivity contribution in [1.82, 2.24) is 0 Å². The monoisotopic (exact) mass is 973 g/mol. The molecule has 0 aromatic carbocycles. The van der Waals surface area contributed by atoms with Gasteiger partial charge in [-0.25, -0.2) is 0 Å². The number of ether oxygens (including phenoxy) is 3. The van der Waals surface area contributed by atoms with E-state index in [0.717, 1.165) is 38.9 Å². The summed E-state index contributed by atoms with van der Waals surface area (Å²) >= 11 is 0. The van der Waals surface area contributed by atoms with E-state index in [0.29, 0.717) is 19.6 Å². The maximum absolute atomic E-state index is 12.9. The van der Waals surface area contributed by atoms with E-state index in [4.69, 9.17) is 14.2 Å². The Bertz CT molecular complexity index is 900. The Morgan fingerprint density at radius 1 is 0.290 bits per heavy atom. The average Bonchev–Trinajstić information content (AvgIpc) is 3.35. The van der Waals surface area contributed by atoms with Gasteiger partial charge in [0.25, 0.3) is 0 Å².